The molecule has 0 unspecified atom stereocenters. The van der Waals surface area contributed by atoms with Gasteiger partial charge in [-0.05, 0) is 43.0 Å². The first kappa shape index (κ1) is 19.7. The molecular formula is C19H26N4O3. The average molecular weight is 358 g/mol. The Labute approximate surface area is 153 Å². The second-order valence-electron chi connectivity index (χ2n) is 6.75. The number of hydrogen-bond acceptors (Lipinski definition) is 5. The maximum Gasteiger partial charge on any atom is 0.326 e. The Morgan fingerprint density at radius 1 is 1.31 bits per heavy atom. The van der Waals surface area contributed by atoms with Gasteiger partial charge in [0.25, 0.3) is 0 Å². The monoisotopic (exact) mass is 358 g/mol. The third kappa shape index (κ3) is 4.70. The predicted octanol–water partition coefficient (Wildman–Crippen LogP) is 1.86. The summed E-state index contributed by atoms with van der Waals surface area (Å²) in [5.41, 5.74) is 13.1. The quantitative estimate of drug-likeness (QED) is 0.720. The molecule has 1 saturated heterocycles. The van der Waals surface area contributed by atoms with Gasteiger partial charge in [-0.2, -0.15) is 0 Å². The van der Waals surface area contributed by atoms with Gasteiger partial charge in [0.05, 0.1) is 11.6 Å². The Bertz CT molecular complexity index is 778. The number of likely N-dealkylation sites (tertiary alicyclic amines) is 1. The standard InChI is InChI=1S/C10H18N2O3.C9H8N2/c1-6(2)8(11)9(13)12-5-3-4-7(12)10(14)15;10-8-3-4-9-7(6-8)2-1-5-11-9/h6-8H,3-5,11H2,1-2H3,(H,14,15);1-6H,10H2/t7-,8-;/m0./s1. The number of nitrogens with two attached hydrogens (primary N) is 2. The lowest BCUT2D eigenvalue weighted by Crippen LogP contribution is -2.50. The van der Waals surface area contributed by atoms with Crippen molar-refractivity contribution >= 4 is 28.5 Å². The summed E-state index contributed by atoms with van der Waals surface area (Å²) < 4.78 is 0. The van der Waals surface area contributed by atoms with Crippen molar-refractivity contribution < 1.29 is 14.7 Å². The number of anilines is 1. The van der Waals surface area contributed by atoms with E-state index in [4.69, 9.17) is 16.6 Å². The van der Waals surface area contributed by atoms with Crippen molar-refractivity contribution in [2.45, 2.75) is 38.8 Å². The Kier molecular flexibility index (Phi) is 6.52. The number of aromatic nitrogens is 1. The van der Waals surface area contributed by atoms with Crippen LogP contribution in [0, 0.1) is 5.92 Å². The van der Waals surface area contributed by atoms with E-state index >= 15 is 0 Å². The van der Waals surface area contributed by atoms with Gasteiger partial charge >= 0.3 is 5.97 Å². The topological polar surface area (TPSA) is 123 Å². The molecule has 2 atom stereocenters. The number of amides is 1. The number of carbonyl (C=O) groups excluding carboxylic acids is 1. The average Bonchev–Trinajstić information content (AvgIpc) is 3.10. The lowest BCUT2D eigenvalue weighted by Gasteiger charge is -2.26. The molecule has 7 nitrogen and oxygen atoms in total. The highest BCUT2D eigenvalue weighted by Gasteiger charge is 2.36. The molecule has 0 aliphatic carbocycles. The Balaban J connectivity index is 0.000000195. The van der Waals surface area contributed by atoms with E-state index in [0.717, 1.165) is 23.0 Å². The Morgan fingerprint density at radius 2 is 2.04 bits per heavy atom. The van der Waals surface area contributed by atoms with Crippen molar-refractivity contribution in [3.05, 3.63) is 36.5 Å². The molecule has 7 heteroatoms. The van der Waals surface area contributed by atoms with Crippen LogP contribution in [0.15, 0.2) is 36.5 Å². The lowest BCUT2D eigenvalue weighted by molar-refractivity contribution is -0.149. The zero-order valence-corrected chi connectivity index (χ0v) is 15.1. The molecule has 1 fully saturated rings. The van der Waals surface area contributed by atoms with Gasteiger partial charge in [-0.1, -0.05) is 19.9 Å². The molecule has 1 aliphatic rings. The summed E-state index contributed by atoms with van der Waals surface area (Å²) in [6.45, 7) is 4.22. The van der Waals surface area contributed by atoms with Crippen molar-refractivity contribution in [1.29, 1.82) is 0 Å². The van der Waals surface area contributed by atoms with Gasteiger partial charge < -0.3 is 21.5 Å². The number of carboxylic acid groups (broad SMARTS) is 1. The zero-order valence-electron chi connectivity index (χ0n) is 15.1. The highest BCUT2D eigenvalue weighted by atomic mass is 16.4. The largest absolute Gasteiger partial charge is 0.480 e. The normalized spacial score (nSPS) is 17.7. The molecule has 1 aromatic heterocycles. The summed E-state index contributed by atoms with van der Waals surface area (Å²) in [6.07, 6.45) is 3.05. The third-order valence-electron chi connectivity index (χ3n) is 4.45. The van der Waals surface area contributed by atoms with E-state index in [1.54, 1.807) is 6.20 Å². The molecular weight excluding hydrogens is 332 g/mol. The number of rotatable bonds is 3. The summed E-state index contributed by atoms with van der Waals surface area (Å²) in [7, 11) is 0. The van der Waals surface area contributed by atoms with Crippen LogP contribution in [0.2, 0.25) is 0 Å². The highest BCUT2D eigenvalue weighted by Crippen LogP contribution is 2.19. The van der Waals surface area contributed by atoms with Gasteiger partial charge in [0, 0.05) is 23.8 Å². The maximum absolute atomic E-state index is 11.8. The van der Waals surface area contributed by atoms with Gasteiger partial charge in [-0.3, -0.25) is 9.78 Å². The number of pyridine rings is 1. The van der Waals surface area contributed by atoms with Crippen LogP contribution in [-0.2, 0) is 9.59 Å². The molecule has 1 aliphatic heterocycles. The van der Waals surface area contributed by atoms with Crippen molar-refractivity contribution in [2.75, 3.05) is 12.3 Å². The molecule has 140 valence electrons. The fourth-order valence-electron chi connectivity index (χ4n) is 2.86. The smallest absolute Gasteiger partial charge is 0.326 e. The van der Waals surface area contributed by atoms with Gasteiger partial charge in [0.1, 0.15) is 6.04 Å². The fourth-order valence-corrected chi connectivity index (χ4v) is 2.86. The summed E-state index contributed by atoms with van der Waals surface area (Å²) >= 11 is 0. The van der Waals surface area contributed by atoms with E-state index in [9.17, 15) is 9.59 Å². The molecule has 0 radical (unpaired) electrons. The first-order chi connectivity index (χ1) is 12.3. The van der Waals surface area contributed by atoms with E-state index in [1.165, 1.54) is 4.90 Å². The molecule has 2 heterocycles. The number of fused-ring (bicyclic) bond motifs is 1. The molecule has 1 amide bonds. The molecule has 1 aromatic carbocycles. The van der Waals surface area contributed by atoms with E-state index in [-0.39, 0.29) is 11.8 Å². The first-order valence-corrected chi connectivity index (χ1v) is 8.70. The van der Waals surface area contributed by atoms with Crippen LogP contribution < -0.4 is 11.5 Å². The molecule has 5 N–H and O–H groups in total. The van der Waals surface area contributed by atoms with Gasteiger partial charge in [-0.25, -0.2) is 4.79 Å². The highest BCUT2D eigenvalue weighted by molar-refractivity contribution is 5.87. The second kappa shape index (κ2) is 8.62. The fraction of sp³-hybridized carbons (Fsp3) is 0.421. The minimum atomic E-state index is -0.934. The molecule has 26 heavy (non-hydrogen) atoms. The van der Waals surface area contributed by atoms with Crippen molar-refractivity contribution in [3.8, 4) is 0 Å². The van der Waals surface area contributed by atoms with Crippen LogP contribution in [0.5, 0.6) is 0 Å². The molecule has 3 rings (SSSR count). The van der Waals surface area contributed by atoms with E-state index < -0.39 is 18.1 Å². The van der Waals surface area contributed by atoms with E-state index in [1.807, 2.05) is 44.2 Å². The molecule has 0 bridgehead atoms. The van der Waals surface area contributed by atoms with Crippen LogP contribution in [0.1, 0.15) is 26.7 Å². The minimum Gasteiger partial charge on any atom is -0.480 e. The number of hydrogen-bond donors (Lipinski definition) is 3. The SMILES string of the molecule is CC(C)[C@H](N)C(=O)N1CCC[C@H]1C(=O)O.Nc1ccc2ncccc2c1. The number of nitrogen functional groups attached to an aromatic ring is 1. The van der Waals surface area contributed by atoms with Crippen LogP contribution in [0.3, 0.4) is 0 Å². The summed E-state index contributed by atoms with van der Waals surface area (Å²) in [5.74, 6) is -1.14. The summed E-state index contributed by atoms with van der Waals surface area (Å²) in [5, 5.41) is 10.0. The molecule has 0 spiro atoms. The second-order valence-corrected chi connectivity index (χ2v) is 6.75. The number of nitrogens with zero attached hydrogens (tertiary/aromatic N) is 2. The van der Waals surface area contributed by atoms with Crippen LogP contribution in [-0.4, -0.2) is 45.5 Å². The molecule has 2 aromatic rings. The van der Waals surface area contributed by atoms with Crippen molar-refractivity contribution in [1.82, 2.24) is 9.88 Å². The third-order valence-corrected chi connectivity index (χ3v) is 4.45. The predicted molar refractivity (Wildman–Crippen MR) is 101 cm³/mol. The Hall–Kier alpha value is -2.67. The Morgan fingerprint density at radius 3 is 2.69 bits per heavy atom. The van der Waals surface area contributed by atoms with E-state index in [0.29, 0.717) is 13.0 Å². The number of benzene rings is 1. The lowest BCUT2D eigenvalue weighted by atomic mass is 10.0. The van der Waals surface area contributed by atoms with Gasteiger partial charge in [0.2, 0.25) is 5.91 Å². The van der Waals surface area contributed by atoms with Gasteiger partial charge in [0.15, 0.2) is 0 Å². The summed E-state index contributed by atoms with van der Waals surface area (Å²) in [4.78, 5) is 28.3. The van der Waals surface area contributed by atoms with Crippen LogP contribution >= 0.6 is 0 Å². The van der Waals surface area contributed by atoms with Crippen molar-refractivity contribution in [2.24, 2.45) is 11.7 Å². The summed E-state index contributed by atoms with van der Waals surface area (Å²) in [6, 6.07) is 8.33. The number of carboxylic acids is 1. The van der Waals surface area contributed by atoms with Crippen LogP contribution in [0.4, 0.5) is 5.69 Å². The zero-order chi connectivity index (χ0) is 19.3. The number of aliphatic carboxylic acids is 1. The number of carbonyl (C=O) groups is 2. The minimum absolute atomic E-state index is 0.0348. The van der Waals surface area contributed by atoms with Crippen molar-refractivity contribution in [3.63, 3.8) is 0 Å². The van der Waals surface area contributed by atoms with Gasteiger partial charge in [-0.15, -0.1) is 0 Å². The molecule has 0 saturated carbocycles. The maximum atomic E-state index is 11.8. The van der Waals surface area contributed by atoms with Crippen LogP contribution in [0.25, 0.3) is 10.9 Å². The van der Waals surface area contributed by atoms with E-state index in [2.05, 4.69) is 4.98 Å². The first-order valence-electron chi connectivity index (χ1n) is 8.70.